The van der Waals surface area contributed by atoms with Gasteiger partial charge in [-0.05, 0) is 31.0 Å². The van der Waals surface area contributed by atoms with Gasteiger partial charge in [-0.1, -0.05) is 19.9 Å². The Morgan fingerprint density at radius 2 is 1.61 bits per heavy atom. The summed E-state index contributed by atoms with van der Waals surface area (Å²) in [4.78, 5) is 28.6. The van der Waals surface area contributed by atoms with E-state index in [4.69, 9.17) is 4.74 Å². The Hall–Kier alpha value is -2.04. The Bertz CT molecular complexity index is 603. The average molecular weight is 318 g/mol. The van der Waals surface area contributed by atoms with Gasteiger partial charge in [0.25, 0.3) is 5.91 Å². The van der Waals surface area contributed by atoms with E-state index in [2.05, 4.69) is 0 Å². The number of hydrogen-bond acceptors (Lipinski definition) is 3. The van der Waals surface area contributed by atoms with Gasteiger partial charge in [0.1, 0.15) is 5.75 Å². The number of piperazine rings is 1. The number of carbonyl (C=O) groups excluding carboxylic acids is 2. The fraction of sp³-hybridized carbons (Fsp3) is 0.556. The third-order valence-electron chi connectivity index (χ3n) is 4.25. The molecule has 0 aromatic heterocycles. The highest BCUT2D eigenvalue weighted by Gasteiger charge is 2.28. The van der Waals surface area contributed by atoms with Crippen molar-refractivity contribution in [3.8, 4) is 5.75 Å². The molecule has 2 rings (SSSR count). The fourth-order valence-corrected chi connectivity index (χ4v) is 3.02. The maximum absolute atomic E-state index is 12.9. The van der Waals surface area contributed by atoms with Crippen molar-refractivity contribution >= 4 is 11.8 Å². The molecule has 0 unspecified atom stereocenters. The molecule has 1 saturated heterocycles. The zero-order chi connectivity index (χ0) is 17.1. The summed E-state index contributed by atoms with van der Waals surface area (Å²) in [5.74, 6) is 0.752. The maximum atomic E-state index is 12.9. The van der Waals surface area contributed by atoms with Gasteiger partial charge < -0.3 is 14.5 Å². The molecule has 1 aliphatic heterocycles. The average Bonchev–Trinajstić information content (AvgIpc) is 2.52. The first-order valence-electron chi connectivity index (χ1n) is 8.08. The van der Waals surface area contributed by atoms with E-state index < -0.39 is 0 Å². The second-order valence-electron chi connectivity index (χ2n) is 6.43. The van der Waals surface area contributed by atoms with E-state index >= 15 is 0 Å². The zero-order valence-electron chi connectivity index (χ0n) is 14.7. The number of benzene rings is 1. The van der Waals surface area contributed by atoms with Gasteiger partial charge in [-0.3, -0.25) is 9.59 Å². The minimum Gasteiger partial charge on any atom is -0.496 e. The molecule has 1 aromatic carbocycles. The first kappa shape index (κ1) is 17.3. The van der Waals surface area contributed by atoms with Crippen LogP contribution in [0.4, 0.5) is 0 Å². The molecule has 23 heavy (non-hydrogen) atoms. The Kier molecular flexibility index (Phi) is 5.29. The Balaban J connectivity index is 2.13. The number of amides is 2. The van der Waals surface area contributed by atoms with Crippen molar-refractivity contribution in [2.45, 2.75) is 27.7 Å². The fourth-order valence-electron chi connectivity index (χ4n) is 3.02. The van der Waals surface area contributed by atoms with Crippen LogP contribution in [0.15, 0.2) is 12.1 Å². The van der Waals surface area contributed by atoms with Gasteiger partial charge in [0.05, 0.1) is 12.7 Å². The largest absolute Gasteiger partial charge is 0.496 e. The van der Waals surface area contributed by atoms with Crippen LogP contribution in [0, 0.1) is 19.8 Å². The molecule has 1 aromatic rings. The number of methoxy groups -OCH3 is 1. The predicted molar refractivity (Wildman–Crippen MR) is 89.8 cm³/mol. The predicted octanol–water partition coefficient (Wildman–Crippen LogP) is 2.25. The first-order chi connectivity index (χ1) is 10.8. The summed E-state index contributed by atoms with van der Waals surface area (Å²) in [5, 5.41) is 0. The van der Waals surface area contributed by atoms with Crippen LogP contribution in [-0.2, 0) is 4.79 Å². The lowest BCUT2D eigenvalue weighted by molar-refractivity contribution is -0.135. The molecule has 5 heteroatoms. The molecular formula is C18H26N2O3. The van der Waals surface area contributed by atoms with Crippen molar-refractivity contribution < 1.29 is 14.3 Å². The summed E-state index contributed by atoms with van der Waals surface area (Å²) in [7, 11) is 1.59. The normalized spacial score (nSPS) is 15.0. The van der Waals surface area contributed by atoms with E-state index in [-0.39, 0.29) is 17.7 Å². The molecule has 0 aliphatic carbocycles. The van der Waals surface area contributed by atoms with E-state index in [1.165, 1.54) is 0 Å². The Morgan fingerprint density at radius 1 is 1.04 bits per heavy atom. The molecule has 0 spiro atoms. The summed E-state index contributed by atoms with van der Waals surface area (Å²) in [6.45, 7) is 10.0. The highest BCUT2D eigenvalue weighted by Crippen LogP contribution is 2.26. The molecule has 0 atom stereocenters. The molecular weight excluding hydrogens is 292 g/mol. The Morgan fingerprint density at radius 3 is 2.13 bits per heavy atom. The first-order valence-corrected chi connectivity index (χ1v) is 8.08. The van der Waals surface area contributed by atoms with Gasteiger partial charge in [0, 0.05) is 32.1 Å². The summed E-state index contributed by atoms with van der Waals surface area (Å²) in [6, 6.07) is 3.88. The molecule has 1 heterocycles. The van der Waals surface area contributed by atoms with Crippen LogP contribution >= 0.6 is 0 Å². The Labute approximate surface area is 138 Å². The molecule has 0 radical (unpaired) electrons. The van der Waals surface area contributed by atoms with Crippen molar-refractivity contribution in [1.82, 2.24) is 9.80 Å². The van der Waals surface area contributed by atoms with Crippen molar-refractivity contribution in [1.29, 1.82) is 0 Å². The van der Waals surface area contributed by atoms with Crippen LogP contribution in [0.3, 0.4) is 0 Å². The molecule has 1 fully saturated rings. The lowest BCUT2D eigenvalue weighted by Crippen LogP contribution is -2.51. The van der Waals surface area contributed by atoms with Crippen LogP contribution in [0.1, 0.15) is 35.3 Å². The van der Waals surface area contributed by atoms with E-state index in [0.29, 0.717) is 37.5 Å². The van der Waals surface area contributed by atoms with Gasteiger partial charge in [-0.2, -0.15) is 0 Å². The molecule has 5 nitrogen and oxygen atoms in total. The van der Waals surface area contributed by atoms with Gasteiger partial charge >= 0.3 is 0 Å². The summed E-state index contributed by atoms with van der Waals surface area (Å²) >= 11 is 0. The summed E-state index contributed by atoms with van der Waals surface area (Å²) in [5.41, 5.74) is 2.62. The smallest absolute Gasteiger partial charge is 0.258 e. The minimum atomic E-state index is -0.0176. The maximum Gasteiger partial charge on any atom is 0.258 e. The lowest BCUT2D eigenvalue weighted by atomic mass is 10.0. The summed E-state index contributed by atoms with van der Waals surface area (Å²) < 4.78 is 5.40. The lowest BCUT2D eigenvalue weighted by Gasteiger charge is -2.36. The van der Waals surface area contributed by atoms with Crippen LogP contribution < -0.4 is 4.74 Å². The number of carbonyl (C=O) groups is 2. The van der Waals surface area contributed by atoms with Crippen LogP contribution in [0.2, 0.25) is 0 Å². The van der Waals surface area contributed by atoms with Gasteiger partial charge in [-0.25, -0.2) is 0 Å². The van der Waals surface area contributed by atoms with Crippen molar-refractivity contribution in [3.63, 3.8) is 0 Å². The monoisotopic (exact) mass is 318 g/mol. The van der Waals surface area contributed by atoms with E-state index in [9.17, 15) is 9.59 Å². The third kappa shape index (κ3) is 3.66. The van der Waals surface area contributed by atoms with Crippen molar-refractivity contribution in [3.05, 3.63) is 28.8 Å². The van der Waals surface area contributed by atoms with Gasteiger partial charge in [0.2, 0.25) is 5.91 Å². The molecule has 1 aliphatic rings. The number of nitrogens with zero attached hydrogens (tertiary/aromatic N) is 2. The zero-order valence-corrected chi connectivity index (χ0v) is 14.7. The number of hydrogen-bond donors (Lipinski definition) is 0. The second-order valence-corrected chi connectivity index (χ2v) is 6.43. The quantitative estimate of drug-likeness (QED) is 0.859. The standard InChI is InChI=1S/C18H26N2O3/c1-12(2)17(21)19-6-8-20(9-7-19)18(22)16-14(4)10-13(3)11-15(16)23-5/h10-12H,6-9H2,1-5H3. The minimum absolute atomic E-state index is 0.00307. The highest BCUT2D eigenvalue weighted by atomic mass is 16.5. The number of rotatable bonds is 3. The van der Waals surface area contributed by atoms with Gasteiger partial charge in [0.15, 0.2) is 0 Å². The highest BCUT2D eigenvalue weighted by molar-refractivity contribution is 5.98. The topological polar surface area (TPSA) is 49.9 Å². The SMILES string of the molecule is COc1cc(C)cc(C)c1C(=O)N1CCN(C(=O)C(C)C)CC1. The molecule has 2 amide bonds. The summed E-state index contributed by atoms with van der Waals surface area (Å²) in [6.07, 6.45) is 0. The van der Waals surface area contributed by atoms with Crippen LogP contribution in [0.5, 0.6) is 5.75 Å². The van der Waals surface area contributed by atoms with Crippen LogP contribution in [-0.4, -0.2) is 54.9 Å². The van der Waals surface area contributed by atoms with E-state index in [0.717, 1.165) is 11.1 Å². The molecule has 0 bridgehead atoms. The van der Waals surface area contributed by atoms with E-state index in [1.807, 2.05) is 49.6 Å². The van der Waals surface area contributed by atoms with Crippen molar-refractivity contribution in [2.24, 2.45) is 5.92 Å². The van der Waals surface area contributed by atoms with Crippen LogP contribution in [0.25, 0.3) is 0 Å². The number of aryl methyl sites for hydroxylation is 2. The van der Waals surface area contributed by atoms with Crippen molar-refractivity contribution in [2.75, 3.05) is 33.3 Å². The third-order valence-corrected chi connectivity index (χ3v) is 4.25. The van der Waals surface area contributed by atoms with E-state index in [1.54, 1.807) is 7.11 Å². The molecule has 0 saturated carbocycles. The molecule has 0 N–H and O–H groups in total. The molecule has 126 valence electrons. The van der Waals surface area contributed by atoms with Gasteiger partial charge in [-0.15, -0.1) is 0 Å². The number of ether oxygens (including phenoxy) is 1. The second kappa shape index (κ2) is 7.02.